The zero-order chi connectivity index (χ0) is 24.8. The molecule has 0 aliphatic heterocycles. The van der Waals surface area contributed by atoms with Gasteiger partial charge in [0, 0.05) is 9.68 Å². The lowest BCUT2D eigenvalue weighted by atomic mass is 9.87. The van der Waals surface area contributed by atoms with Gasteiger partial charge in [-0.1, -0.05) is 95.6 Å². The highest BCUT2D eigenvalue weighted by Crippen LogP contribution is 2.39. The van der Waals surface area contributed by atoms with Gasteiger partial charge in [0.05, 0.1) is 16.7 Å². The third-order valence-electron chi connectivity index (χ3n) is 6.03. The molecule has 0 N–H and O–H groups in total. The summed E-state index contributed by atoms with van der Waals surface area (Å²) < 4.78 is 25.5. The van der Waals surface area contributed by atoms with E-state index >= 15 is 0 Å². The van der Waals surface area contributed by atoms with E-state index in [9.17, 15) is 0 Å². The highest BCUT2D eigenvalue weighted by molar-refractivity contribution is 5.84. The molecule has 0 fully saturated rings. The number of rotatable bonds is 5. The Balaban J connectivity index is 2.08. The van der Waals surface area contributed by atoms with E-state index in [4.69, 9.17) is 9.10 Å². The van der Waals surface area contributed by atoms with Gasteiger partial charge < -0.3 is 0 Å². The normalized spacial score (nSPS) is 13.8. The van der Waals surface area contributed by atoms with Crippen molar-refractivity contribution < 1.29 is 4.11 Å². The molecule has 2 heteroatoms. The Kier molecular flexibility index (Phi) is 4.78. The molecule has 0 atom stereocenters. The van der Waals surface area contributed by atoms with Crippen LogP contribution >= 0.6 is 0 Å². The van der Waals surface area contributed by atoms with Crippen LogP contribution < -0.4 is 0 Å². The van der Waals surface area contributed by atoms with Crippen molar-refractivity contribution in [3.63, 3.8) is 0 Å². The van der Waals surface area contributed by atoms with Crippen molar-refractivity contribution in [2.75, 3.05) is 0 Å². The lowest BCUT2D eigenvalue weighted by Gasteiger charge is -2.25. The summed E-state index contributed by atoms with van der Waals surface area (Å²) in [6.07, 6.45) is 0. The molecule has 31 heavy (non-hydrogen) atoms. The Hall–Kier alpha value is -2.87. The molecule has 0 aliphatic rings. The SMILES string of the molecule is [2H]C([2H])([2H])c1ccc(-c2nc3ccccc3n2-c2c(C(C)C)cc(C(C)C)cc2C(C)C)cc1. The molecule has 0 amide bonds. The fraction of sp³-hybridized carbons (Fsp3) is 0.345. The maximum atomic E-state index is 7.73. The zero-order valence-electron chi connectivity index (χ0n) is 22.4. The van der Waals surface area contributed by atoms with Crippen LogP contribution in [0.15, 0.2) is 60.7 Å². The minimum atomic E-state index is -2.12. The number of imidazole rings is 1. The third kappa shape index (κ3) is 3.92. The summed E-state index contributed by atoms with van der Waals surface area (Å²) in [5.41, 5.74) is 8.37. The highest BCUT2D eigenvalue weighted by Gasteiger charge is 2.23. The summed E-state index contributed by atoms with van der Waals surface area (Å²) in [6.45, 7) is 11.4. The van der Waals surface area contributed by atoms with Crippen LogP contribution in [-0.4, -0.2) is 9.55 Å². The number of hydrogen-bond acceptors (Lipinski definition) is 1. The van der Waals surface area contributed by atoms with Gasteiger partial charge in [0.25, 0.3) is 0 Å². The van der Waals surface area contributed by atoms with Crippen LogP contribution in [0.1, 0.15) is 85.7 Å². The molecule has 4 aromatic rings. The second-order valence-corrected chi connectivity index (χ2v) is 9.35. The molecule has 0 unspecified atom stereocenters. The van der Waals surface area contributed by atoms with E-state index < -0.39 is 6.85 Å². The van der Waals surface area contributed by atoms with Gasteiger partial charge in [0.2, 0.25) is 0 Å². The van der Waals surface area contributed by atoms with E-state index in [1.807, 2.05) is 24.3 Å². The van der Waals surface area contributed by atoms with E-state index in [0.717, 1.165) is 22.4 Å². The first-order valence-corrected chi connectivity index (χ1v) is 11.3. The Bertz CT molecular complexity index is 1280. The van der Waals surface area contributed by atoms with Gasteiger partial charge in [-0.05, 0) is 53.4 Å². The zero-order valence-corrected chi connectivity index (χ0v) is 19.4. The Morgan fingerprint density at radius 1 is 0.774 bits per heavy atom. The van der Waals surface area contributed by atoms with Gasteiger partial charge >= 0.3 is 0 Å². The van der Waals surface area contributed by atoms with Crippen molar-refractivity contribution in [1.82, 2.24) is 9.55 Å². The summed E-state index contributed by atoms with van der Waals surface area (Å²) in [5, 5.41) is 0. The van der Waals surface area contributed by atoms with Crippen LogP contribution in [0.5, 0.6) is 0 Å². The highest BCUT2D eigenvalue weighted by atomic mass is 15.1. The van der Waals surface area contributed by atoms with E-state index in [-0.39, 0.29) is 0 Å². The lowest BCUT2D eigenvalue weighted by molar-refractivity contribution is 0.788. The summed E-state index contributed by atoms with van der Waals surface area (Å²) in [5.74, 6) is 1.94. The molecular formula is C29H34N2. The topological polar surface area (TPSA) is 17.8 Å². The van der Waals surface area contributed by atoms with Crippen molar-refractivity contribution in [3.8, 4) is 17.1 Å². The van der Waals surface area contributed by atoms with Gasteiger partial charge in [-0.15, -0.1) is 0 Å². The molecule has 1 aromatic heterocycles. The number of aromatic nitrogens is 2. The van der Waals surface area contributed by atoms with Gasteiger partial charge in [-0.2, -0.15) is 0 Å². The second kappa shape index (κ2) is 8.34. The molecule has 0 saturated carbocycles. The molecule has 0 saturated heterocycles. The molecule has 0 bridgehead atoms. The van der Waals surface area contributed by atoms with Gasteiger partial charge in [0.15, 0.2) is 0 Å². The van der Waals surface area contributed by atoms with Crippen molar-refractivity contribution >= 4 is 11.0 Å². The third-order valence-corrected chi connectivity index (χ3v) is 6.03. The molecular weight excluding hydrogens is 376 g/mol. The van der Waals surface area contributed by atoms with E-state index in [2.05, 4.69) is 70.4 Å². The number of hydrogen-bond donors (Lipinski definition) is 0. The van der Waals surface area contributed by atoms with Crippen molar-refractivity contribution in [2.45, 2.75) is 66.1 Å². The molecule has 1 heterocycles. The predicted octanol–water partition coefficient (Wildman–Crippen LogP) is 8.37. The molecule has 3 aromatic carbocycles. The Morgan fingerprint density at radius 3 is 1.94 bits per heavy atom. The summed E-state index contributed by atoms with van der Waals surface area (Å²) >= 11 is 0. The minimum absolute atomic E-state index is 0.332. The monoisotopic (exact) mass is 413 g/mol. The molecule has 4 rings (SSSR count). The molecule has 0 aliphatic carbocycles. The second-order valence-electron chi connectivity index (χ2n) is 9.35. The van der Waals surface area contributed by atoms with Crippen molar-refractivity contribution in [3.05, 3.63) is 82.9 Å². The van der Waals surface area contributed by atoms with Gasteiger partial charge in [0.1, 0.15) is 5.82 Å². The first-order valence-electron chi connectivity index (χ1n) is 12.8. The van der Waals surface area contributed by atoms with Crippen LogP contribution in [0.25, 0.3) is 28.1 Å². The molecule has 2 nitrogen and oxygen atoms in total. The average molecular weight is 414 g/mol. The van der Waals surface area contributed by atoms with Crippen LogP contribution in [0.4, 0.5) is 0 Å². The summed E-state index contributed by atoms with van der Waals surface area (Å²) in [6, 6.07) is 20.1. The van der Waals surface area contributed by atoms with E-state index in [1.165, 1.54) is 22.4 Å². The number of nitrogens with zero attached hydrogens (tertiary/aromatic N) is 2. The van der Waals surface area contributed by atoms with Crippen LogP contribution in [0.3, 0.4) is 0 Å². The lowest BCUT2D eigenvalue weighted by Crippen LogP contribution is -2.10. The van der Waals surface area contributed by atoms with E-state index in [0.29, 0.717) is 23.3 Å². The average Bonchev–Trinajstić information content (AvgIpc) is 3.16. The van der Waals surface area contributed by atoms with Crippen molar-refractivity contribution in [1.29, 1.82) is 0 Å². The van der Waals surface area contributed by atoms with Gasteiger partial charge in [-0.3, -0.25) is 4.57 Å². The van der Waals surface area contributed by atoms with E-state index in [1.54, 1.807) is 12.1 Å². The fourth-order valence-corrected chi connectivity index (χ4v) is 4.24. The van der Waals surface area contributed by atoms with Crippen molar-refractivity contribution in [2.24, 2.45) is 0 Å². The smallest absolute Gasteiger partial charge is 0.145 e. The van der Waals surface area contributed by atoms with Crippen LogP contribution in [-0.2, 0) is 0 Å². The number of aryl methyl sites for hydroxylation is 1. The molecule has 0 radical (unpaired) electrons. The Morgan fingerprint density at radius 2 is 1.39 bits per heavy atom. The minimum Gasteiger partial charge on any atom is -0.292 e. The standard InChI is InChI=1S/C29H34N2/c1-18(2)23-16-24(19(3)4)28(25(17-23)20(5)6)31-27-11-9-8-10-26(27)30-29(31)22-14-12-21(7)13-15-22/h8-20H,1-7H3/i7D3. The fourth-order valence-electron chi connectivity index (χ4n) is 4.24. The largest absolute Gasteiger partial charge is 0.292 e. The Labute approximate surface area is 191 Å². The molecule has 160 valence electrons. The first-order chi connectivity index (χ1) is 16.0. The summed E-state index contributed by atoms with van der Waals surface area (Å²) in [7, 11) is 0. The number of para-hydroxylation sites is 2. The maximum absolute atomic E-state index is 7.73. The summed E-state index contributed by atoms with van der Waals surface area (Å²) in [4.78, 5) is 5.03. The quantitative estimate of drug-likeness (QED) is 0.321. The predicted molar refractivity (Wildman–Crippen MR) is 134 cm³/mol. The maximum Gasteiger partial charge on any atom is 0.145 e. The number of fused-ring (bicyclic) bond motifs is 1. The van der Waals surface area contributed by atoms with Crippen LogP contribution in [0.2, 0.25) is 0 Å². The first kappa shape index (κ1) is 17.8. The molecule has 0 spiro atoms. The number of benzene rings is 3. The van der Waals surface area contributed by atoms with Crippen LogP contribution in [0, 0.1) is 6.85 Å². The van der Waals surface area contributed by atoms with Gasteiger partial charge in [-0.25, -0.2) is 4.98 Å².